The molecule has 0 saturated heterocycles. The predicted molar refractivity (Wildman–Crippen MR) is 73.1 cm³/mol. The van der Waals surface area contributed by atoms with Gasteiger partial charge in [0.15, 0.2) is 0 Å². The van der Waals surface area contributed by atoms with E-state index in [0.29, 0.717) is 17.7 Å². The van der Waals surface area contributed by atoms with Crippen LogP contribution in [0.5, 0.6) is 5.75 Å². The van der Waals surface area contributed by atoms with Crippen molar-refractivity contribution in [2.75, 3.05) is 7.11 Å². The van der Waals surface area contributed by atoms with Crippen LogP contribution in [0, 0.1) is 11.3 Å². The van der Waals surface area contributed by atoms with Crippen LogP contribution in [0.25, 0.3) is 11.1 Å². The van der Waals surface area contributed by atoms with Gasteiger partial charge in [-0.25, -0.2) is 0 Å². The van der Waals surface area contributed by atoms with Crippen molar-refractivity contribution in [3.8, 4) is 22.9 Å². The van der Waals surface area contributed by atoms with Crippen LogP contribution in [-0.4, -0.2) is 12.1 Å². The Kier molecular flexibility index (Phi) is 3.67. The molecule has 0 aliphatic carbocycles. The molecule has 0 fully saturated rings. The number of nitrogens with one attached hydrogen (secondary N) is 1. The highest BCUT2D eigenvalue weighted by Gasteiger charge is 2.14. The molecular formula is C15H14N2O2. The summed E-state index contributed by atoms with van der Waals surface area (Å²) in [6.07, 6.45) is 0.698. The molecule has 0 saturated carbocycles. The molecule has 0 amide bonds. The van der Waals surface area contributed by atoms with Crippen molar-refractivity contribution < 1.29 is 4.74 Å². The van der Waals surface area contributed by atoms with Crippen LogP contribution in [0.15, 0.2) is 35.1 Å². The number of para-hydroxylation sites is 1. The molecule has 2 rings (SSSR count). The van der Waals surface area contributed by atoms with E-state index in [1.807, 2.05) is 43.3 Å². The van der Waals surface area contributed by atoms with E-state index in [4.69, 9.17) is 4.74 Å². The van der Waals surface area contributed by atoms with E-state index in [2.05, 4.69) is 4.98 Å². The summed E-state index contributed by atoms with van der Waals surface area (Å²) in [7, 11) is 1.57. The number of nitriles is 1. The van der Waals surface area contributed by atoms with Crippen LogP contribution >= 0.6 is 0 Å². The SMILES string of the molecule is CCc1cc(-c2ccccc2OC)c(C#N)c(=O)[nH]1. The van der Waals surface area contributed by atoms with E-state index < -0.39 is 0 Å². The average Bonchev–Trinajstić information content (AvgIpc) is 2.46. The number of aryl methyl sites for hydroxylation is 1. The van der Waals surface area contributed by atoms with Crippen LogP contribution < -0.4 is 10.3 Å². The first-order chi connectivity index (χ1) is 9.21. The fraction of sp³-hybridized carbons (Fsp3) is 0.200. The van der Waals surface area contributed by atoms with Crippen LogP contribution in [0.1, 0.15) is 18.2 Å². The second-order valence-corrected chi connectivity index (χ2v) is 4.08. The molecule has 96 valence electrons. The van der Waals surface area contributed by atoms with Crippen LogP contribution in [0.2, 0.25) is 0 Å². The molecule has 0 radical (unpaired) electrons. The number of benzene rings is 1. The smallest absolute Gasteiger partial charge is 0.266 e. The number of methoxy groups -OCH3 is 1. The molecule has 19 heavy (non-hydrogen) atoms. The fourth-order valence-electron chi connectivity index (χ4n) is 1.99. The average molecular weight is 254 g/mol. The number of nitrogens with zero attached hydrogens (tertiary/aromatic N) is 1. The lowest BCUT2D eigenvalue weighted by molar-refractivity contribution is 0.416. The number of aromatic amines is 1. The molecule has 0 aliphatic heterocycles. The number of hydrogen-bond acceptors (Lipinski definition) is 3. The Morgan fingerprint density at radius 3 is 2.68 bits per heavy atom. The van der Waals surface area contributed by atoms with E-state index in [1.165, 1.54) is 0 Å². The minimum atomic E-state index is -0.359. The van der Waals surface area contributed by atoms with Crippen molar-refractivity contribution in [3.05, 3.63) is 51.9 Å². The normalized spacial score (nSPS) is 9.95. The Labute approximate surface area is 111 Å². The molecule has 1 heterocycles. The summed E-state index contributed by atoms with van der Waals surface area (Å²) in [5.41, 5.74) is 1.91. The minimum absolute atomic E-state index is 0.113. The molecule has 0 bridgehead atoms. The zero-order valence-electron chi connectivity index (χ0n) is 10.9. The standard InChI is InChI=1S/C15H14N2O2/c1-3-10-8-12(13(9-16)15(18)17-10)11-6-4-5-7-14(11)19-2/h4-8H,3H2,1-2H3,(H,17,18). The van der Waals surface area contributed by atoms with Gasteiger partial charge in [-0.1, -0.05) is 25.1 Å². The van der Waals surface area contributed by atoms with Gasteiger partial charge in [-0.15, -0.1) is 0 Å². The van der Waals surface area contributed by atoms with Gasteiger partial charge in [0.05, 0.1) is 7.11 Å². The van der Waals surface area contributed by atoms with Gasteiger partial charge in [0.2, 0.25) is 0 Å². The Bertz CT molecular complexity index is 696. The summed E-state index contributed by atoms with van der Waals surface area (Å²) < 4.78 is 5.29. The molecule has 4 nitrogen and oxygen atoms in total. The Morgan fingerprint density at radius 1 is 1.32 bits per heavy atom. The lowest BCUT2D eigenvalue weighted by Crippen LogP contribution is -2.14. The molecule has 1 aromatic heterocycles. The van der Waals surface area contributed by atoms with Crippen molar-refractivity contribution in [2.24, 2.45) is 0 Å². The van der Waals surface area contributed by atoms with Crippen LogP contribution in [0.4, 0.5) is 0 Å². The maximum Gasteiger partial charge on any atom is 0.266 e. The van der Waals surface area contributed by atoms with Gasteiger partial charge in [-0.05, 0) is 18.6 Å². The van der Waals surface area contributed by atoms with E-state index in [1.54, 1.807) is 7.11 Å². The zero-order valence-corrected chi connectivity index (χ0v) is 10.9. The summed E-state index contributed by atoms with van der Waals surface area (Å²) >= 11 is 0. The second-order valence-electron chi connectivity index (χ2n) is 4.08. The predicted octanol–water partition coefficient (Wildman–Crippen LogP) is 2.48. The highest BCUT2D eigenvalue weighted by molar-refractivity contribution is 5.75. The highest BCUT2D eigenvalue weighted by atomic mass is 16.5. The summed E-state index contributed by atoms with van der Waals surface area (Å²) in [6, 6.07) is 11.1. The van der Waals surface area contributed by atoms with Gasteiger partial charge in [-0.2, -0.15) is 5.26 Å². The van der Waals surface area contributed by atoms with Crippen molar-refractivity contribution >= 4 is 0 Å². The first-order valence-electron chi connectivity index (χ1n) is 6.01. The van der Waals surface area contributed by atoms with Gasteiger partial charge in [0.25, 0.3) is 5.56 Å². The maximum atomic E-state index is 11.9. The highest BCUT2D eigenvalue weighted by Crippen LogP contribution is 2.31. The van der Waals surface area contributed by atoms with Crippen LogP contribution in [-0.2, 0) is 6.42 Å². The first-order valence-corrected chi connectivity index (χ1v) is 6.01. The van der Waals surface area contributed by atoms with Crippen LogP contribution in [0.3, 0.4) is 0 Å². The number of rotatable bonds is 3. The molecule has 0 spiro atoms. The third-order valence-corrected chi connectivity index (χ3v) is 2.98. The van der Waals surface area contributed by atoms with E-state index in [0.717, 1.165) is 11.3 Å². The van der Waals surface area contributed by atoms with Gasteiger partial charge in [0, 0.05) is 16.8 Å². The Balaban J connectivity index is 2.77. The molecule has 0 unspecified atom stereocenters. The molecule has 2 aromatic rings. The van der Waals surface area contributed by atoms with Gasteiger partial charge < -0.3 is 9.72 Å². The quantitative estimate of drug-likeness (QED) is 0.915. The molecule has 0 aliphatic rings. The lowest BCUT2D eigenvalue weighted by Gasteiger charge is -2.10. The van der Waals surface area contributed by atoms with Gasteiger partial charge >= 0.3 is 0 Å². The van der Waals surface area contributed by atoms with E-state index in [-0.39, 0.29) is 11.1 Å². The number of pyridine rings is 1. The van der Waals surface area contributed by atoms with Crippen molar-refractivity contribution in [3.63, 3.8) is 0 Å². The van der Waals surface area contributed by atoms with E-state index in [9.17, 15) is 10.1 Å². The van der Waals surface area contributed by atoms with Gasteiger partial charge in [-0.3, -0.25) is 4.79 Å². The number of aromatic nitrogens is 1. The van der Waals surface area contributed by atoms with Gasteiger partial charge in [0.1, 0.15) is 17.4 Å². The Morgan fingerprint density at radius 2 is 2.05 bits per heavy atom. The molecule has 1 N–H and O–H groups in total. The van der Waals surface area contributed by atoms with Crippen molar-refractivity contribution in [1.82, 2.24) is 4.98 Å². The van der Waals surface area contributed by atoms with E-state index >= 15 is 0 Å². The second kappa shape index (κ2) is 5.40. The summed E-state index contributed by atoms with van der Waals surface area (Å²) in [6.45, 7) is 1.95. The topological polar surface area (TPSA) is 65.9 Å². The molecule has 4 heteroatoms. The first kappa shape index (κ1) is 12.9. The number of H-pyrrole nitrogens is 1. The maximum absolute atomic E-state index is 11.9. The van der Waals surface area contributed by atoms with Crippen molar-refractivity contribution in [1.29, 1.82) is 5.26 Å². The molecular weight excluding hydrogens is 240 g/mol. The fourth-order valence-corrected chi connectivity index (χ4v) is 1.99. The number of ether oxygens (including phenoxy) is 1. The summed E-state index contributed by atoms with van der Waals surface area (Å²) in [5, 5.41) is 9.18. The monoisotopic (exact) mass is 254 g/mol. The molecule has 0 atom stereocenters. The third-order valence-electron chi connectivity index (χ3n) is 2.98. The minimum Gasteiger partial charge on any atom is -0.496 e. The molecule has 1 aromatic carbocycles. The lowest BCUT2D eigenvalue weighted by atomic mass is 9.99. The largest absolute Gasteiger partial charge is 0.496 e. The summed E-state index contributed by atoms with van der Waals surface area (Å²) in [5.74, 6) is 0.645. The number of hydrogen-bond donors (Lipinski definition) is 1. The summed E-state index contributed by atoms with van der Waals surface area (Å²) in [4.78, 5) is 14.6. The third kappa shape index (κ3) is 2.36. The van der Waals surface area contributed by atoms with Crippen molar-refractivity contribution in [2.45, 2.75) is 13.3 Å². The zero-order chi connectivity index (χ0) is 13.8. The Hall–Kier alpha value is -2.54.